The number of hydrogen-bond acceptors (Lipinski definition) is 4. The maximum atomic E-state index is 9.23. The van der Waals surface area contributed by atoms with Gasteiger partial charge in [-0.15, -0.1) is 0 Å². The lowest BCUT2D eigenvalue weighted by Gasteiger charge is -2.12. The predicted molar refractivity (Wildman–Crippen MR) is 133 cm³/mol. The van der Waals surface area contributed by atoms with Crippen molar-refractivity contribution in [1.29, 1.82) is 5.26 Å². The van der Waals surface area contributed by atoms with E-state index in [1.165, 1.54) is 26.9 Å². The molecular weight excluding hydrogens is 428 g/mol. The topological polar surface area (TPSA) is 62.5 Å². The number of rotatable bonds is 2. The molecule has 0 N–H and O–H groups in total. The number of hydrogen-bond donors (Lipinski definition) is 0. The zero-order chi connectivity index (χ0) is 22.4. The summed E-state index contributed by atoms with van der Waals surface area (Å²) in [5.41, 5.74) is 2.11. The fraction of sp³-hybridized carbons (Fsp3) is 0. The number of halogens is 1. The molecule has 33 heavy (non-hydrogen) atoms. The van der Waals surface area contributed by atoms with Crippen LogP contribution in [0.2, 0.25) is 5.28 Å². The Morgan fingerprint density at radius 3 is 1.70 bits per heavy atom. The van der Waals surface area contributed by atoms with E-state index in [2.05, 4.69) is 81.7 Å². The Kier molecular flexibility index (Phi) is 4.50. The molecule has 1 aromatic heterocycles. The van der Waals surface area contributed by atoms with Crippen molar-refractivity contribution in [3.63, 3.8) is 0 Å². The Morgan fingerprint density at radius 2 is 1.09 bits per heavy atom. The molecular formula is C28H15ClN4. The minimum absolute atomic E-state index is 0.112. The second-order valence-corrected chi connectivity index (χ2v) is 8.13. The smallest absolute Gasteiger partial charge is 0.208 e. The van der Waals surface area contributed by atoms with Crippen LogP contribution in [0.3, 0.4) is 0 Å². The van der Waals surface area contributed by atoms with Crippen molar-refractivity contribution < 1.29 is 0 Å². The van der Waals surface area contributed by atoms with Gasteiger partial charge in [-0.3, -0.25) is 0 Å². The van der Waals surface area contributed by atoms with Crippen LogP contribution in [-0.2, 0) is 0 Å². The number of aromatic nitrogens is 3. The average Bonchev–Trinajstić information content (AvgIpc) is 2.88. The van der Waals surface area contributed by atoms with Gasteiger partial charge in [-0.1, -0.05) is 72.8 Å². The molecule has 4 nitrogen and oxygen atoms in total. The normalized spacial score (nSPS) is 11.2. The molecule has 5 aromatic carbocycles. The molecule has 0 saturated heterocycles. The summed E-state index contributed by atoms with van der Waals surface area (Å²) in [6.45, 7) is 0. The Labute approximate surface area is 194 Å². The third-order valence-electron chi connectivity index (χ3n) is 5.86. The molecule has 0 amide bonds. The summed E-state index contributed by atoms with van der Waals surface area (Å²) in [6, 6.07) is 32.4. The van der Waals surface area contributed by atoms with Crippen molar-refractivity contribution in [3.8, 4) is 28.8 Å². The van der Waals surface area contributed by atoms with Crippen LogP contribution in [0.5, 0.6) is 0 Å². The number of nitrogens with zero attached hydrogens (tertiary/aromatic N) is 4. The average molecular weight is 443 g/mol. The van der Waals surface area contributed by atoms with Gasteiger partial charge in [0.05, 0.1) is 11.6 Å². The highest BCUT2D eigenvalue weighted by molar-refractivity contribution is 6.28. The summed E-state index contributed by atoms with van der Waals surface area (Å²) in [6.07, 6.45) is 0. The lowest BCUT2D eigenvalue weighted by Crippen LogP contribution is -1.97. The van der Waals surface area contributed by atoms with Gasteiger partial charge in [0.25, 0.3) is 0 Å². The van der Waals surface area contributed by atoms with Gasteiger partial charge in [0.2, 0.25) is 5.28 Å². The van der Waals surface area contributed by atoms with Crippen LogP contribution < -0.4 is 0 Å². The van der Waals surface area contributed by atoms with Crippen LogP contribution in [0, 0.1) is 11.3 Å². The molecule has 0 saturated carbocycles. The Balaban J connectivity index is 1.60. The second kappa shape index (κ2) is 7.67. The van der Waals surface area contributed by atoms with Crippen molar-refractivity contribution in [2.24, 2.45) is 0 Å². The molecule has 6 aromatic rings. The van der Waals surface area contributed by atoms with Gasteiger partial charge >= 0.3 is 0 Å². The Bertz CT molecular complexity index is 1720. The molecule has 0 aliphatic heterocycles. The van der Waals surface area contributed by atoms with E-state index in [4.69, 9.17) is 11.6 Å². The second-order valence-electron chi connectivity index (χ2n) is 7.80. The van der Waals surface area contributed by atoms with Crippen molar-refractivity contribution in [1.82, 2.24) is 15.0 Å². The zero-order valence-corrected chi connectivity index (χ0v) is 18.1. The minimum Gasteiger partial charge on any atom is -0.208 e. The lowest BCUT2D eigenvalue weighted by molar-refractivity contribution is 1.07. The van der Waals surface area contributed by atoms with Gasteiger partial charge in [-0.05, 0) is 62.1 Å². The molecule has 0 bridgehead atoms. The number of fused-ring (bicyclic) bond motifs is 6. The molecule has 0 unspecified atom stereocenters. The van der Waals surface area contributed by atoms with Gasteiger partial charge in [0.1, 0.15) is 0 Å². The molecule has 6 rings (SSSR count). The van der Waals surface area contributed by atoms with Gasteiger partial charge < -0.3 is 0 Å². The Morgan fingerprint density at radius 1 is 0.545 bits per heavy atom. The summed E-state index contributed by atoms with van der Waals surface area (Å²) < 4.78 is 0. The molecule has 154 valence electrons. The minimum atomic E-state index is 0.112. The van der Waals surface area contributed by atoms with Crippen LogP contribution in [-0.4, -0.2) is 15.0 Å². The van der Waals surface area contributed by atoms with Crippen LogP contribution in [0.1, 0.15) is 5.56 Å². The number of benzene rings is 5. The fourth-order valence-corrected chi connectivity index (χ4v) is 4.54. The largest absolute Gasteiger partial charge is 0.226 e. The van der Waals surface area contributed by atoms with E-state index >= 15 is 0 Å². The van der Waals surface area contributed by atoms with E-state index in [0.717, 1.165) is 16.5 Å². The maximum Gasteiger partial charge on any atom is 0.226 e. The van der Waals surface area contributed by atoms with E-state index in [-0.39, 0.29) is 5.28 Å². The zero-order valence-electron chi connectivity index (χ0n) is 17.3. The van der Waals surface area contributed by atoms with E-state index in [1.807, 2.05) is 12.1 Å². The predicted octanol–water partition coefficient (Wildman–Crippen LogP) is 7.19. The first-order valence-corrected chi connectivity index (χ1v) is 10.8. The molecule has 0 aliphatic rings. The van der Waals surface area contributed by atoms with Crippen molar-refractivity contribution >= 4 is 43.9 Å². The first kappa shape index (κ1) is 19.4. The first-order valence-electron chi connectivity index (χ1n) is 10.5. The van der Waals surface area contributed by atoms with Crippen molar-refractivity contribution in [3.05, 3.63) is 102 Å². The third-order valence-corrected chi connectivity index (χ3v) is 6.03. The van der Waals surface area contributed by atoms with Crippen LogP contribution in [0.15, 0.2) is 91.0 Å². The Hall–Kier alpha value is -4.33. The van der Waals surface area contributed by atoms with Crippen molar-refractivity contribution in [2.75, 3.05) is 0 Å². The summed E-state index contributed by atoms with van der Waals surface area (Å²) in [4.78, 5) is 13.4. The van der Waals surface area contributed by atoms with Crippen molar-refractivity contribution in [2.45, 2.75) is 0 Å². The molecule has 1 heterocycles. The highest BCUT2D eigenvalue weighted by Crippen LogP contribution is 2.36. The van der Waals surface area contributed by atoms with Crippen LogP contribution in [0.25, 0.3) is 55.1 Å². The van der Waals surface area contributed by atoms with Gasteiger partial charge in [-0.25, -0.2) is 4.98 Å². The molecule has 0 fully saturated rings. The van der Waals surface area contributed by atoms with Gasteiger partial charge in [0.15, 0.2) is 11.6 Å². The van der Waals surface area contributed by atoms with Gasteiger partial charge in [-0.2, -0.15) is 15.2 Å². The molecule has 5 heteroatoms. The summed E-state index contributed by atoms with van der Waals surface area (Å²) in [5, 5.41) is 16.5. The van der Waals surface area contributed by atoms with E-state index in [1.54, 1.807) is 18.2 Å². The quantitative estimate of drug-likeness (QED) is 0.266. The lowest BCUT2D eigenvalue weighted by atomic mass is 9.93. The molecule has 0 atom stereocenters. The highest BCUT2D eigenvalue weighted by atomic mass is 35.5. The summed E-state index contributed by atoms with van der Waals surface area (Å²) >= 11 is 6.29. The fourth-order valence-electron chi connectivity index (χ4n) is 4.38. The summed E-state index contributed by atoms with van der Waals surface area (Å²) in [7, 11) is 0. The first-order chi connectivity index (χ1) is 16.2. The molecule has 0 radical (unpaired) electrons. The van der Waals surface area contributed by atoms with Gasteiger partial charge in [0, 0.05) is 11.1 Å². The van der Waals surface area contributed by atoms with E-state index in [0.29, 0.717) is 17.2 Å². The summed E-state index contributed by atoms with van der Waals surface area (Å²) in [5.74, 6) is 0.928. The highest BCUT2D eigenvalue weighted by Gasteiger charge is 2.13. The third kappa shape index (κ3) is 3.27. The van der Waals surface area contributed by atoms with E-state index in [9.17, 15) is 5.26 Å². The van der Waals surface area contributed by atoms with Crippen LogP contribution in [0.4, 0.5) is 0 Å². The molecule has 0 aliphatic carbocycles. The number of nitriles is 1. The molecule has 0 spiro atoms. The standard InChI is InChI=1S/C28H15ClN4/c29-28-32-26(18-7-5-6-17(14-18)16-30)31-27(33-28)19-12-13-24-22-10-2-1-8-20(22)21-9-3-4-11-23(21)25(24)15-19/h1-15H. The van der Waals surface area contributed by atoms with E-state index < -0.39 is 0 Å². The maximum absolute atomic E-state index is 9.23. The van der Waals surface area contributed by atoms with Crippen LogP contribution >= 0.6 is 11.6 Å². The SMILES string of the molecule is N#Cc1cccc(-c2nc(Cl)nc(-c3ccc4c5ccccc5c5ccccc5c4c3)n2)c1. The monoisotopic (exact) mass is 442 g/mol.